The highest BCUT2D eigenvalue weighted by Gasteiger charge is 2.20. The summed E-state index contributed by atoms with van der Waals surface area (Å²) in [6.45, 7) is 7.79. The van der Waals surface area contributed by atoms with E-state index in [4.69, 9.17) is 9.88 Å². The lowest BCUT2D eigenvalue weighted by molar-refractivity contribution is -0.127. The molecule has 6 nitrogen and oxygen atoms in total. The SMILES string of the molecule is Cc1ccc(OC(C)C(=O)NCC(C)C)c(S(N)(=O)=O)c1. The number of primary sulfonamides is 1. The minimum Gasteiger partial charge on any atom is -0.479 e. The average molecular weight is 314 g/mol. The molecular formula is C14H22N2O4S. The lowest BCUT2D eigenvalue weighted by Gasteiger charge is -2.17. The van der Waals surface area contributed by atoms with Crippen LogP contribution in [0.2, 0.25) is 0 Å². The Balaban J connectivity index is 2.90. The fraction of sp³-hybridized carbons (Fsp3) is 0.500. The van der Waals surface area contributed by atoms with Crippen LogP contribution in [-0.4, -0.2) is 27.0 Å². The molecule has 1 aromatic carbocycles. The van der Waals surface area contributed by atoms with Crippen LogP contribution < -0.4 is 15.2 Å². The second-order valence-electron chi connectivity index (χ2n) is 5.39. The second kappa shape index (κ2) is 6.91. The molecule has 0 radical (unpaired) electrons. The molecule has 0 fully saturated rings. The van der Waals surface area contributed by atoms with E-state index < -0.39 is 16.1 Å². The molecule has 21 heavy (non-hydrogen) atoms. The number of benzene rings is 1. The second-order valence-corrected chi connectivity index (χ2v) is 6.92. The Bertz CT molecular complexity index is 611. The maximum Gasteiger partial charge on any atom is 0.260 e. The summed E-state index contributed by atoms with van der Waals surface area (Å²) in [6, 6.07) is 4.62. The zero-order valence-electron chi connectivity index (χ0n) is 12.7. The van der Waals surface area contributed by atoms with Crippen molar-refractivity contribution >= 4 is 15.9 Å². The van der Waals surface area contributed by atoms with E-state index in [9.17, 15) is 13.2 Å². The van der Waals surface area contributed by atoms with Crippen molar-refractivity contribution in [2.45, 2.75) is 38.7 Å². The van der Waals surface area contributed by atoms with Crippen LogP contribution in [0.15, 0.2) is 23.1 Å². The molecule has 0 aliphatic carbocycles. The molecule has 1 atom stereocenters. The number of rotatable bonds is 6. The Morgan fingerprint density at radius 1 is 1.33 bits per heavy atom. The summed E-state index contributed by atoms with van der Waals surface area (Å²) in [4.78, 5) is 11.7. The molecule has 3 N–H and O–H groups in total. The highest BCUT2D eigenvalue weighted by Crippen LogP contribution is 2.24. The van der Waals surface area contributed by atoms with Crippen molar-refractivity contribution in [1.82, 2.24) is 5.32 Å². The Morgan fingerprint density at radius 2 is 1.95 bits per heavy atom. The van der Waals surface area contributed by atoms with Crippen LogP contribution in [-0.2, 0) is 14.8 Å². The molecule has 0 spiro atoms. The normalized spacial score (nSPS) is 13.0. The van der Waals surface area contributed by atoms with Crippen molar-refractivity contribution in [2.75, 3.05) is 6.54 Å². The number of carbonyl (C=O) groups is 1. The summed E-state index contributed by atoms with van der Waals surface area (Å²) < 4.78 is 28.6. The van der Waals surface area contributed by atoms with Crippen LogP contribution in [0.4, 0.5) is 0 Å². The highest BCUT2D eigenvalue weighted by atomic mass is 32.2. The van der Waals surface area contributed by atoms with Crippen molar-refractivity contribution < 1.29 is 17.9 Å². The molecule has 0 heterocycles. The van der Waals surface area contributed by atoms with Gasteiger partial charge in [0.1, 0.15) is 10.6 Å². The van der Waals surface area contributed by atoms with Gasteiger partial charge in [0.05, 0.1) is 0 Å². The van der Waals surface area contributed by atoms with Gasteiger partial charge in [-0.05, 0) is 37.5 Å². The van der Waals surface area contributed by atoms with Crippen LogP contribution >= 0.6 is 0 Å². The van der Waals surface area contributed by atoms with Crippen LogP contribution in [0.5, 0.6) is 5.75 Å². The maximum absolute atomic E-state index is 11.9. The van der Waals surface area contributed by atoms with E-state index in [1.54, 1.807) is 19.9 Å². The van der Waals surface area contributed by atoms with E-state index in [1.807, 2.05) is 13.8 Å². The van der Waals surface area contributed by atoms with E-state index in [-0.39, 0.29) is 16.6 Å². The largest absolute Gasteiger partial charge is 0.479 e. The smallest absolute Gasteiger partial charge is 0.260 e. The number of nitrogens with one attached hydrogen (secondary N) is 1. The van der Waals surface area contributed by atoms with Gasteiger partial charge >= 0.3 is 0 Å². The minimum absolute atomic E-state index is 0.0790. The van der Waals surface area contributed by atoms with Gasteiger partial charge in [-0.2, -0.15) is 0 Å². The highest BCUT2D eigenvalue weighted by molar-refractivity contribution is 7.89. The third-order valence-electron chi connectivity index (χ3n) is 2.76. The molecule has 118 valence electrons. The number of amides is 1. The van der Waals surface area contributed by atoms with Crippen LogP contribution in [0.3, 0.4) is 0 Å². The quantitative estimate of drug-likeness (QED) is 0.823. The van der Waals surface area contributed by atoms with E-state index >= 15 is 0 Å². The Hall–Kier alpha value is -1.60. The molecule has 1 rings (SSSR count). The summed E-state index contributed by atoms with van der Waals surface area (Å²) in [7, 11) is -3.91. The molecule has 0 saturated heterocycles. The first kappa shape index (κ1) is 17.5. The molecule has 0 aliphatic rings. The van der Waals surface area contributed by atoms with Gasteiger partial charge in [0, 0.05) is 6.54 Å². The van der Waals surface area contributed by atoms with Gasteiger partial charge < -0.3 is 10.1 Å². The monoisotopic (exact) mass is 314 g/mol. The van der Waals surface area contributed by atoms with Crippen LogP contribution in [0, 0.1) is 12.8 Å². The molecule has 0 aromatic heterocycles. The summed E-state index contributed by atoms with van der Waals surface area (Å²) in [5, 5.41) is 7.90. The number of hydrogen-bond acceptors (Lipinski definition) is 4. The summed E-state index contributed by atoms with van der Waals surface area (Å²) >= 11 is 0. The van der Waals surface area contributed by atoms with Gasteiger partial charge in [-0.3, -0.25) is 4.79 Å². The molecular weight excluding hydrogens is 292 g/mol. The molecule has 0 aliphatic heterocycles. The first-order valence-electron chi connectivity index (χ1n) is 6.69. The van der Waals surface area contributed by atoms with Crippen LogP contribution in [0.1, 0.15) is 26.3 Å². The van der Waals surface area contributed by atoms with Gasteiger partial charge in [-0.15, -0.1) is 0 Å². The number of nitrogens with two attached hydrogens (primary N) is 1. The Labute approximate surface area is 125 Å². The van der Waals surface area contributed by atoms with Gasteiger partial charge in [0.25, 0.3) is 5.91 Å². The van der Waals surface area contributed by atoms with Gasteiger partial charge in [-0.25, -0.2) is 13.6 Å². The third-order valence-corrected chi connectivity index (χ3v) is 3.70. The van der Waals surface area contributed by atoms with Crippen molar-refractivity contribution in [1.29, 1.82) is 0 Å². The van der Waals surface area contributed by atoms with Gasteiger partial charge in [0.2, 0.25) is 10.0 Å². The zero-order valence-corrected chi connectivity index (χ0v) is 13.5. The van der Waals surface area contributed by atoms with E-state index in [2.05, 4.69) is 5.32 Å². The number of sulfonamides is 1. The first-order chi connectivity index (χ1) is 9.61. The minimum atomic E-state index is -3.91. The molecule has 7 heteroatoms. The molecule has 1 amide bonds. The summed E-state index contributed by atoms with van der Waals surface area (Å²) in [5.74, 6) is 0.0976. The van der Waals surface area contributed by atoms with E-state index in [0.717, 1.165) is 5.56 Å². The van der Waals surface area contributed by atoms with Crippen molar-refractivity contribution in [3.8, 4) is 5.75 Å². The predicted octanol–water partition coefficient (Wildman–Crippen LogP) is 1.18. The van der Waals surface area contributed by atoms with Crippen molar-refractivity contribution in [3.63, 3.8) is 0 Å². The maximum atomic E-state index is 11.9. The lowest BCUT2D eigenvalue weighted by atomic mass is 10.2. The fourth-order valence-electron chi connectivity index (χ4n) is 1.63. The molecule has 0 saturated carbocycles. The van der Waals surface area contributed by atoms with Gasteiger partial charge in [0.15, 0.2) is 6.10 Å². The zero-order chi connectivity index (χ0) is 16.2. The van der Waals surface area contributed by atoms with E-state index in [0.29, 0.717) is 12.5 Å². The number of carbonyl (C=O) groups excluding carboxylic acids is 1. The van der Waals surface area contributed by atoms with Crippen LogP contribution in [0.25, 0.3) is 0 Å². The van der Waals surface area contributed by atoms with Gasteiger partial charge in [-0.1, -0.05) is 19.9 Å². The Kier molecular flexibility index (Phi) is 5.74. The van der Waals surface area contributed by atoms with Crippen molar-refractivity contribution in [3.05, 3.63) is 23.8 Å². The number of aryl methyl sites for hydroxylation is 1. The third kappa shape index (κ3) is 5.35. The number of hydrogen-bond donors (Lipinski definition) is 2. The molecule has 1 unspecified atom stereocenters. The number of ether oxygens (including phenoxy) is 1. The van der Waals surface area contributed by atoms with Crippen molar-refractivity contribution in [2.24, 2.45) is 11.1 Å². The first-order valence-corrected chi connectivity index (χ1v) is 8.23. The summed E-state index contributed by atoms with van der Waals surface area (Å²) in [6.07, 6.45) is -0.813. The Morgan fingerprint density at radius 3 is 2.48 bits per heavy atom. The topological polar surface area (TPSA) is 98.5 Å². The predicted molar refractivity (Wildman–Crippen MR) is 80.5 cm³/mol. The standard InChI is InChI=1S/C14H22N2O4S/c1-9(2)8-16-14(17)11(4)20-12-6-5-10(3)7-13(12)21(15,18)19/h5-7,9,11H,8H2,1-4H3,(H,16,17)(H2,15,18,19). The van der Waals surface area contributed by atoms with E-state index in [1.165, 1.54) is 12.1 Å². The summed E-state index contributed by atoms with van der Waals surface area (Å²) in [5.41, 5.74) is 0.739. The molecule has 0 bridgehead atoms. The fourth-order valence-corrected chi connectivity index (χ4v) is 2.37. The lowest BCUT2D eigenvalue weighted by Crippen LogP contribution is -2.38. The molecule has 1 aromatic rings. The average Bonchev–Trinajstić information content (AvgIpc) is 2.36.